The molecule has 2 atom stereocenters. The van der Waals surface area contributed by atoms with E-state index in [1.807, 2.05) is 6.92 Å². The van der Waals surface area contributed by atoms with Gasteiger partial charge in [0.2, 0.25) is 5.91 Å². The van der Waals surface area contributed by atoms with Crippen molar-refractivity contribution in [2.75, 3.05) is 6.54 Å². The maximum Gasteiger partial charge on any atom is 0.224 e. The Morgan fingerprint density at radius 1 is 1.41 bits per heavy atom. The summed E-state index contributed by atoms with van der Waals surface area (Å²) in [7, 11) is 0. The van der Waals surface area contributed by atoms with Crippen LogP contribution in [0, 0.1) is 5.92 Å². The molecule has 0 bridgehead atoms. The summed E-state index contributed by atoms with van der Waals surface area (Å²) in [5.74, 6) is 0.0877. The lowest BCUT2D eigenvalue weighted by molar-refractivity contribution is -0.128. The molecule has 2 unspecified atom stereocenters. The maximum absolute atomic E-state index is 12.4. The van der Waals surface area contributed by atoms with Crippen LogP contribution in [-0.2, 0) is 11.2 Å². The number of nitrogens with one attached hydrogen (secondary N) is 1. The van der Waals surface area contributed by atoms with Gasteiger partial charge in [0.05, 0.1) is 5.92 Å². The largest absolute Gasteiger partial charge is 0.355 e. The minimum Gasteiger partial charge on any atom is -0.355 e. The summed E-state index contributed by atoms with van der Waals surface area (Å²) in [5, 5.41) is 6.60. The van der Waals surface area contributed by atoms with Gasteiger partial charge in [-0.15, -0.1) is 11.3 Å². The molecule has 1 fully saturated rings. The van der Waals surface area contributed by atoms with E-state index in [-0.39, 0.29) is 17.4 Å². The molecule has 118 valence electrons. The maximum atomic E-state index is 12.4. The van der Waals surface area contributed by atoms with Crippen molar-refractivity contribution in [3.63, 3.8) is 0 Å². The highest BCUT2D eigenvalue weighted by Crippen LogP contribution is 2.31. The number of amides is 1. The van der Waals surface area contributed by atoms with Gasteiger partial charge >= 0.3 is 0 Å². The van der Waals surface area contributed by atoms with Crippen LogP contribution in [0.4, 0.5) is 0 Å². The summed E-state index contributed by atoms with van der Waals surface area (Å²) < 4.78 is 1.31. The number of thiophene rings is 1. The van der Waals surface area contributed by atoms with E-state index in [9.17, 15) is 4.79 Å². The Morgan fingerprint density at radius 3 is 3.05 bits per heavy atom. The van der Waals surface area contributed by atoms with Gasteiger partial charge in [-0.1, -0.05) is 31.0 Å². The van der Waals surface area contributed by atoms with Crippen molar-refractivity contribution in [1.29, 1.82) is 0 Å². The standard InChI is InChI=1S/C18H24N2OS/c1-18(19)10-5-4-7-15(18)17(21)20-11-9-13-12-22-16-8-3-2-6-14(13)16/h2-3,6,8,12,15H,4-5,7,9-11,19H2,1H3,(H,20,21). The average molecular weight is 316 g/mol. The summed E-state index contributed by atoms with van der Waals surface area (Å²) in [6.45, 7) is 2.70. The van der Waals surface area contributed by atoms with Crippen LogP contribution < -0.4 is 11.1 Å². The number of carbonyl (C=O) groups is 1. The van der Waals surface area contributed by atoms with Gasteiger partial charge in [-0.05, 0) is 48.6 Å². The SMILES string of the molecule is CC1(N)CCCCC1C(=O)NCCc1csc2ccccc12. The van der Waals surface area contributed by atoms with Crippen LogP contribution in [0.15, 0.2) is 29.6 Å². The third kappa shape index (κ3) is 3.18. The van der Waals surface area contributed by atoms with E-state index < -0.39 is 0 Å². The Labute approximate surface area is 135 Å². The number of hydrogen-bond donors (Lipinski definition) is 2. The highest BCUT2D eigenvalue weighted by Gasteiger charge is 2.37. The fraction of sp³-hybridized carbons (Fsp3) is 0.500. The van der Waals surface area contributed by atoms with E-state index in [1.54, 1.807) is 11.3 Å². The van der Waals surface area contributed by atoms with Crippen LogP contribution in [0.25, 0.3) is 10.1 Å². The minimum atomic E-state index is -0.350. The molecule has 0 saturated heterocycles. The Balaban J connectivity index is 1.57. The van der Waals surface area contributed by atoms with Crippen molar-refractivity contribution in [3.05, 3.63) is 35.2 Å². The van der Waals surface area contributed by atoms with E-state index >= 15 is 0 Å². The predicted octanol–water partition coefficient (Wildman–Crippen LogP) is 3.47. The van der Waals surface area contributed by atoms with Gasteiger partial charge in [0.1, 0.15) is 0 Å². The molecule has 1 aromatic heterocycles. The molecule has 0 spiro atoms. The van der Waals surface area contributed by atoms with Crippen molar-refractivity contribution in [2.24, 2.45) is 11.7 Å². The molecular weight excluding hydrogens is 292 g/mol. The molecule has 3 rings (SSSR count). The molecule has 2 aromatic rings. The summed E-state index contributed by atoms with van der Waals surface area (Å²) in [6, 6.07) is 8.43. The van der Waals surface area contributed by atoms with Crippen molar-refractivity contribution in [1.82, 2.24) is 5.32 Å². The van der Waals surface area contributed by atoms with Crippen LogP contribution in [-0.4, -0.2) is 18.0 Å². The lowest BCUT2D eigenvalue weighted by atomic mass is 9.74. The summed E-state index contributed by atoms with van der Waals surface area (Å²) in [5.41, 5.74) is 7.27. The zero-order chi connectivity index (χ0) is 15.6. The monoisotopic (exact) mass is 316 g/mol. The van der Waals surface area contributed by atoms with Crippen LogP contribution in [0.1, 0.15) is 38.2 Å². The second-order valence-corrected chi connectivity index (χ2v) is 7.51. The fourth-order valence-corrected chi connectivity index (χ4v) is 4.46. The summed E-state index contributed by atoms with van der Waals surface area (Å²) >= 11 is 1.77. The summed E-state index contributed by atoms with van der Waals surface area (Å²) in [4.78, 5) is 12.4. The third-order valence-electron chi connectivity index (χ3n) is 4.83. The zero-order valence-corrected chi connectivity index (χ0v) is 13.9. The van der Waals surface area contributed by atoms with Gasteiger partial charge in [0.15, 0.2) is 0 Å². The molecule has 0 aliphatic heterocycles. The van der Waals surface area contributed by atoms with Gasteiger partial charge in [-0.2, -0.15) is 0 Å². The van der Waals surface area contributed by atoms with Gasteiger partial charge in [-0.3, -0.25) is 4.79 Å². The normalized spacial score (nSPS) is 25.3. The number of carbonyl (C=O) groups excluding carboxylic acids is 1. The fourth-order valence-electron chi connectivity index (χ4n) is 3.46. The molecule has 1 saturated carbocycles. The highest BCUT2D eigenvalue weighted by atomic mass is 32.1. The van der Waals surface area contributed by atoms with Crippen LogP contribution in [0.5, 0.6) is 0 Å². The molecule has 0 radical (unpaired) electrons. The average Bonchev–Trinajstić information content (AvgIpc) is 2.90. The Bertz CT molecular complexity index is 662. The van der Waals surface area contributed by atoms with E-state index in [1.165, 1.54) is 15.6 Å². The Kier molecular flexibility index (Phi) is 4.50. The number of fused-ring (bicyclic) bond motifs is 1. The van der Waals surface area contributed by atoms with Crippen LogP contribution in [0.2, 0.25) is 0 Å². The second kappa shape index (κ2) is 6.39. The molecule has 3 N–H and O–H groups in total. The quantitative estimate of drug-likeness (QED) is 0.907. The smallest absolute Gasteiger partial charge is 0.224 e. The Morgan fingerprint density at radius 2 is 2.23 bits per heavy atom. The van der Waals surface area contributed by atoms with Crippen LogP contribution in [0.3, 0.4) is 0 Å². The van der Waals surface area contributed by atoms with E-state index in [4.69, 9.17) is 5.73 Å². The molecule has 1 aliphatic carbocycles. The van der Waals surface area contributed by atoms with Gasteiger partial charge < -0.3 is 11.1 Å². The predicted molar refractivity (Wildman–Crippen MR) is 93.1 cm³/mol. The molecule has 1 aliphatic rings. The van der Waals surface area contributed by atoms with Crippen molar-refractivity contribution < 1.29 is 4.79 Å². The minimum absolute atomic E-state index is 0.0412. The van der Waals surface area contributed by atoms with Gasteiger partial charge in [-0.25, -0.2) is 0 Å². The van der Waals surface area contributed by atoms with Crippen molar-refractivity contribution in [3.8, 4) is 0 Å². The Hall–Kier alpha value is -1.39. The third-order valence-corrected chi connectivity index (χ3v) is 5.84. The number of benzene rings is 1. The first-order chi connectivity index (χ1) is 10.6. The topological polar surface area (TPSA) is 55.1 Å². The number of nitrogens with two attached hydrogens (primary N) is 1. The second-order valence-electron chi connectivity index (χ2n) is 6.60. The first kappa shape index (κ1) is 15.5. The summed E-state index contributed by atoms with van der Waals surface area (Å²) in [6.07, 6.45) is 4.99. The number of hydrogen-bond acceptors (Lipinski definition) is 3. The molecule has 1 heterocycles. The molecule has 22 heavy (non-hydrogen) atoms. The van der Waals surface area contributed by atoms with E-state index in [0.29, 0.717) is 6.54 Å². The zero-order valence-electron chi connectivity index (χ0n) is 13.1. The lowest BCUT2D eigenvalue weighted by Crippen LogP contribution is -2.53. The first-order valence-electron chi connectivity index (χ1n) is 8.09. The first-order valence-corrected chi connectivity index (χ1v) is 8.97. The molecule has 4 heteroatoms. The molecule has 1 amide bonds. The van der Waals surface area contributed by atoms with Crippen molar-refractivity contribution >= 4 is 27.3 Å². The lowest BCUT2D eigenvalue weighted by Gasteiger charge is -2.37. The molecule has 1 aromatic carbocycles. The van der Waals surface area contributed by atoms with E-state index in [0.717, 1.165) is 32.1 Å². The van der Waals surface area contributed by atoms with Crippen molar-refractivity contribution in [2.45, 2.75) is 44.6 Å². The number of rotatable bonds is 4. The molecular formula is C18H24N2OS. The van der Waals surface area contributed by atoms with E-state index in [2.05, 4.69) is 35.0 Å². The van der Waals surface area contributed by atoms with Gasteiger partial charge in [0, 0.05) is 16.8 Å². The highest BCUT2D eigenvalue weighted by molar-refractivity contribution is 7.17. The van der Waals surface area contributed by atoms with Crippen LogP contribution >= 0.6 is 11.3 Å². The molecule has 3 nitrogen and oxygen atoms in total. The van der Waals surface area contributed by atoms with Gasteiger partial charge in [0.25, 0.3) is 0 Å².